The molecule has 1 aliphatic rings. The van der Waals surface area contributed by atoms with Crippen LogP contribution in [0.5, 0.6) is 5.75 Å². The summed E-state index contributed by atoms with van der Waals surface area (Å²) in [7, 11) is 1.53. The molecule has 0 radical (unpaired) electrons. The second-order valence-electron chi connectivity index (χ2n) is 12.4. The molecule has 11 heteroatoms. The average Bonchev–Trinajstić information content (AvgIpc) is 3.57. The molecular formula is C41H39N3O8. The van der Waals surface area contributed by atoms with Crippen LogP contribution in [0.4, 0.5) is 5.82 Å². The Morgan fingerprint density at radius 1 is 0.827 bits per heavy atom. The van der Waals surface area contributed by atoms with Gasteiger partial charge in [-0.25, -0.2) is 4.79 Å². The topological polar surface area (TPSA) is 135 Å². The molecule has 2 heterocycles. The van der Waals surface area contributed by atoms with Crippen molar-refractivity contribution in [2.45, 2.75) is 50.2 Å². The maximum atomic E-state index is 13.3. The number of ether oxygens (including phenoxy) is 4. The van der Waals surface area contributed by atoms with Crippen LogP contribution >= 0.6 is 0 Å². The Kier molecular flexibility index (Phi) is 11.3. The van der Waals surface area contributed by atoms with Gasteiger partial charge in [0.05, 0.1) is 20.1 Å². The molecule has 6 rings (SSSR count). The van der Waals surface area contributed by atoms with E-state index in [2.05, 4.69) is 10.3 Å². The molecule has 0 saturated carbocycles. The van der Waals surface area contributed by atoms with Crippen LogP contribution in [-0.4, -0.2) is 53.1 Å². The van der Waals surface area contributed by atoms with E-state index in [1.807, 2.05) is 91.0 Å². The van der Waals surface area contributed by atoms with Crippen molar-refractivity contribution in [3.05, 3.63) is 160 Å². The van der Waals surface area contributed by atoms with Crippen LogP contribution in [0.25, 0.3) is 0 Å². The van der Waals surface area contributed by atoms with E-state index in [9.17, 15) is 19.2 Å². The van der Waals surface area contributed by atoms with Crippen LogP contribution in [0.1, 0.15) is 59.5 Å². The van der Waals surface area contributed by atoms with Gasteiger partial charge in [-0.1, -0.05) is 91.0 Å². The number of aromatic nitrogens is 2. The molecule has 0 spiro atoms. The standard InChI is InChI=1S/C41H39N3O8/c1-28(45)18-23-38(46)52-34-26-37(44-25-24-36(43-40(44)48)42-39(47)29-19-21-33(49-2)22-20-29)51-35(34)27-50-41(30-12-6-3-7-13-30,31-14-8-4-9-15-31)32-16-10-5-11-17-32/h3-17,19-22,24-25,34-35,37H,18,23,26-27H2,1-2H3,(H,42,43,47,48)/t34-,35+,37+/m0/s1. The summed E-state index contributed by atoms with van der Waals surface area (Å²) < 4.78 is 25.8. The van der Waals surface area contributed by atoms with Gasteiger partial charge in [0.2, 0.25) is 0 Å². The highest BCUT2D eigenvalue weighted by atomic mass is 16.6. The summed E-state index contributed by atoms with van der Waals surface area (Å²) >= 11 is 0. The lowest BCUT2D eigenvalue weighted by Gasteiger charge is -2.37. The fourth-order valence-corrected chi connectivity index (χ4v) is 6.26. The molecule has 1 fully saturated rings. The molecule has 0 bridgehead atoms. The minimum atomic E-state index is -1.07. The first-order valence-corrected chi connectivity index (χ1v) is 17.0. The van der Waals surface area contributed by atoms with Crippen LogP contribution in [0.2, 0.25) is 0 Å². The molecule has 1 saturated heterocycles. The highest BCUT2D eigenvalue weighted by molar-refractivity contribution is 6.03. The number of rotatable bonds is 14. The monoisotopic (exact) mass is 701 g/mol. The molecule has 1 aliphatic heterocycles. The van der Waals surface area contributed by atoms with Crippen molar-refractivity contribution in [3.63, 3.8) is 0 Å². The van der Waals surface area contributed by atoms with Crippen molar-refractivity contribution in [1.29, 1.82) is 0 Å². The zero-order chi connectivity index (χ0) is 36.5. The van der Waals surface area contributed by atoms with Gasteiger partial charge in [0.25, 0.3) is 5.91 Å². The van der Waals surface area contributed by atoms with Crippen molar-refractivity contribution >= 4 is 23.5 Å². The fraction of sp³-hybridized carbons (Fsp3) is 0.244. The SMILES string of the molecule is COc1ccc(C(=O)Nc2ccn([C@H]3C[C@H](OC(=O)CCC(C)=O)[C@@H](COC(c4ccccc4)(c4ccccc4)c4ccccc4)O3)c(=O)n2)cc1. The number of carbonyl (C=O) groups is 3. The number of benzene rings is 4. The van der Waals surface area contributed by atoms with E-state index in [-0.39, 0.29) is 37.5 Å². The van der Waals surface area contributed by atoms with E-state index in [1.165, 1.54) is 30.9 Å². The van der Waals surface area contributed by atoms with Gasteiger partial charge in [0.1, 0.15) is 41.4 Å². The number of anilines is 1. The van der Waals surface area contributed by atoms with Gasteiger partial charge in [-0.3, -0.25) is 14.2 Å². The minimum Gasteiger partial charge on any atom is -0.497 e. The Labute approximate surface area is 301 Å². The van der Waals surface area contributed by atoms with Gasteiger partial charge in [-0.2, -0.15) is 4.98 Å². The molecule has 52 heavy (non-hydrogen) atoms. The Morgan fingerprint density at radius 2 is 1.40 bits per heavy atom. The molecule has 4 aromatic carbocycles. The molecule has 1 aromatic heterocycles. The van der Waals surface area contributed by atoms with Gasteiger partial charge in [-0.05, 0) is 53.9 Å². The lowest BCUT2D eigenvalue weighted by molar-refractivity contribution is -0.156. The first-order chi connectivity index (χ1) is 25.3. The largest absolute Gasteiger partial charge is 0.497 e. The second kappa shape index (κ2) is 16.4. The minimum absolute atomic E-state index is 0.0297. The first-order valence-electron chi connectivity index (χ1n) is 17.0. The summed E-state index contributed by atoms with van der Waals surface area (Å²) in [6.07, 6.45) is -0.934. The third-order valence-corrected chi connectivity index (χ3v) is 8.88. The van der Waals surface area contributed by atoms with E-state index in [0.717, 1.165) is 16.7 Å². The van der Waals surface area contributed by atoms with E-state index in [4.69, 9.17) is 18.9 Å². The van der Waals surface area contributed by atoms with Crippen LogP contribution in [-0.2, 0) is 29.4 Å². The van der Waals surface area contributed by atoms with Gasteiger partial charge >= 0.3 is 11.7 Å². The van der Waals surface area contributed by atoms with Crippen molar-refractivity contribution in [2.24, 2.45) is 0 Å². The number of Topliss-reactive ketones (excluding diaryl/α,β-unsaturated/α-hetero) is 1. The van der Waals surface area contributed by atoms with Crippen molar-refractivity contribution in [2.75, 3.05) is 19.0 Å². The van der Waals surface area contributed by atoms with Crippen molar-refractivity contribution in [1.82, 2.24) is 9.55 Å². The Bertz CT molecular complexity index is 1940. The zero-order valence-corrected chi connectivity index (χ0v) is 28.8. The number of amides is 1. The molecule has 3 atom stereocenters. The summed E-state index contributed by atoms with van der Waals surface area (Å²) in [5.74, 6) is -0.473. The van der Waals surface area contributed by atoms with E-state index in [0.29, 0.717) is 11.3 Å². The molecule has 0 unspecified atom stereocenters. The first kappa shape index (κ1) is 35.9. The Hall–Kier alpha value is -5.91. The van der Waals surface area contributed by atoms with Crippen LogP contribution in [0, 0.1) is 0 Å². The van der Waals surface area contributed by atoms with E-state index in [1.54, 1.807) is 24.3 Å². The lowest BCUT2D eigenvalue weighted by Crippen LogP contribution is -2.39. The highest BCUT2D eigenvalue weighted by Gasteiger charge is 2.44. The number of hydrogen-bond donors (Lipinski definition) is 1. The number of methoxy groups -OCH3 is 1. The number of ketones is 1. The van der Waals surface area contributed by atoms with Crippen LogP contribution in [0.15, 0.2) is 132 Å². The normalized spacial score (nSPS) is 16.9. The zero-order valence-electron chi connectivity index (χ0n) is 28.8. The third kappa shape index (κ3) is 8.17. The molecule has 11 nitrogen and oxygen atoms in total. The number of carbonyl (C=O) groups excluding carboxylic acids is 3. The maximum absolute atomic E-state index is 13.3. The number of hydrogen-bond acceptors (Lipinski definition) is 9. The van der Waals surface area contributed by atoms with E-state index >= 15 is 0 Å². The second-order valence-corrected chi connectivity index (χ2v) is 12.4. The molecule has 266 valence electrons. The van der Waals surface area contributed by atoms with Crippen molar-refractivity contribution in [3.8, 4) is 5.75 Å². The van der Waals surface area contributed by atoms with Crippen LogP contribution < -0.4 is 15.7 Å². The summed E-state index contributed by atoms with van der Waals surface area (Å²) in [6.45, 7) is 1.38. The highest BCUT2D eigenvalue weighted by Crippen LogP contribution is 2.42. The summed E-state index contributed by atoms with van der Waals surface area (Å²) in [5.41, 5.74) is 1.25. The van der Waals surface area contributed by atoms with Gasteiger partial charge in [0.15, 0.2) is 0 Å². The molecule has 0 aliphatic carbocycles. The van der Waals surface area contributed by atoms with E-state index < -0.39 is 41.6 Å². The molecule has 5 aromatic rings. The number of nitrogens with one attached hydrogen (secondary N) is 1. The summed E-state index contributed by atoms with van der Waals surface area (Å²) in [4.78, 5) is 54.8. The average molecular weight is 702 g/mol. The maximum Gasteiger partial charge on any atom is 0.351 e. The molecular weight excluding hydrogens is 662 g/mol. The molecule has 1 N–H and O–H groups in total. The predicted octanol–water partition coefficient (Wildman–Crippen LogP) is 6.08. The lowest BCUT2D eigenvalue weighted by atomic mass is 9.80. The Balaban J connectivity index is 1.28. The predicted molar refractivity (Wildman–Crippen MR) is 193 cm³/mol. The van der Waals surface area contributed by atoms with Gasteiger partial charge in [-0.15, -0.1) is 0 Å². The number of nitrogens with zero attached hydrogens (tertiary/aromatic N) is 2. The smallest absolute Gasteiger partial charge is 0.351 e. The van der Waals surface area contributed by atoms with Crippen LogP contribution in [0.3, 0.4) is 0 Å². The summed E-state index contributed by atoms with van der Waals surface area (Å²) in [6, 6.07) is 37.5. The third-order valence-electron chi connectivity index (χ3n) is 8.88. The Morgan fingerprint density at radius 3 is 1.92 bits per heavy atom. The summed E-state index contributed by atoms with van der Waals surface area (Å²) in [5, 5.41) is 2.64. The van der Waals surface area contributed by atoms with Gasteiger partial charge in [0, 0.05) is 24.6 Å². The number of esters is 1. The fourth-order valence-electron chi connectivity index (χ4n) is 6.26. The quantitative estimate of drug-likeness (QED) is 0.108. The van der Waals surface area contributed by atoms with Gasteiger partial charge < -0.3 is 29.1 Å². The molecule has 1 amide bonds. The van der Waals surface area contributed by atoms with Crippen molar-refractivity contribution < 1.29 is 33.3 Å².